The summed E-state index contributed by atoms with van der Waals surface area (Å²) in [4.78, 5) is 5.46. The summed E-state index contributed by atoms with van der Waals surface area (Å²) in [6, 6.07) is 5.39. The van der Waals surface area contributed by atoms with E-state index < -0.39 is 0 Å². The number of aryl methyl sites for hydroxylation is 2. The number of aromatic hydroxyl groups is 2. The lowest BCUT2D eigenvalue weighted by molar-refractivity contribution is 0.00935. The number of hydrogen-bond donors (Lipinski definition) is 2. The molecule has 4 nitrogen and oxygen atoms in total. The Morgan fingerprint density at radius 3 is 1.32 bits per heavy atom. The van der Waals surface area contributed by atoms with Crippen molar-refractivity contribution in [2.24, 2.45) is 0 Å². The topological polar surface area (TPSA) is 46.9 Å². The number of hydrogen-bond acceptors (Lipinski definition) is 4. The lowest BCUT2D eigenvalue weighted by Crippen LogP contribution is -2.57. The fraction of sp³-hybridized carbons (Fsp3) is 0.667. The number of unbranched alkanes of at least 4 members (excludes halogenated alkanes) is 2. The molecule has 1 saturated heterocycles. The summed E-state index contributed by atoms with van der Waals surface area (Å²) in [7, 11) is 0. The summed E-state index contributed by atoms with van der Waals surface area (Å²) < 4.78 is 0. The van der Waals surface area contributed by atoms with Gasteiger partial charge >= 0.3 is 0 Å². The van der Waals surface area contributed by atoms with E-state index in [1.165, 1.54) is 60.8 Å². The summed E-state index contributed by atoms with van der Waals surface area (Å²) in [5.41, 5.74) is 9.42. The van der Waals surface area contributed by atoms with Crippen LogP contribution in [0.4, 0.5) is 0 Å². The molecule has 2 N–H and O–H groups in total. The van der Waals surface area contributed by atoms with Gasteiger partial charge in [-0.3, -0.25) is 9.80 Å². The van der Waals surface area contributed by atoms with Gasteiger partial charge in [0.05, 0.1) is 0 Å². The normalized spacial score (nSPS) is 18.8. The van der Waals surface area contributed by atoms with Crippen LogP contribution in [0.25, 0.3) is 0 Å². The largest absolute Gasteiger partial charge is 0.507 e. The fourth-order valence-electron chi connectivity index (χ4n) is 6.75. The second-order valence-electron chi connectivity index (χ2n) is 13.2. The van der Waals surface area contributed by atoms with E-state index in [0.717, 1.165) is 48.4 Å². The summed E-state index contributed by atoms with van der Waals surface area (Å²) in [6.45, 7) is 25.8. The molecule has 0 aromatic heterocycles. The molecule has 2 atom stereocenters. The van der Waals surface area contributed by atoms with Crippen molar-refractivity contribution in [3.63, 3.8) is 0 Å². The Balaban J connectivity index is 1.96. The van der Waals surface area contributed by atoms with Crippen molar-refractivity contribution in [3.05, 3.63) is 56.6 Å². The van der Waals surface area contributed by atoms with E-state index in [-0.39, 0.29) is 0 Å². The van der Waals surface area contributed by atoms with Crippen molar-refractivity contribution in [1.82, 2.24) is 9.80 Å². The maximum atomic E-state index is 11.1. The zero-order valence-corrected chi connectivity index (χ0v) is 27.3. The molecule has 0 spiro atoms. The Bertz CT molecular complexity index is 1050. The van der Waals surface area contributed by atoms with Crippen LogP contribution in [-0.2, 0) is 13.1 Å². The minimum Gasteiger partial charge on any atom is -0.507 e. The van der Waals surface area contributed by atoms with Crippen LogP contribution in [0.3, 0.4) is 0 Å². The summed E-state index contributed by atoms with van der Waals surface area (Å²) in [5.74, 6) is 1.59. The van der Waals surface area contributed by atoms with Gasteiger partial charge in [-0.15, -0.1) is 0 Å². The van der Waals surface area contributed by atoms with Crippen LogP contribution in [0.5, 0.6) is 11.5 Å². The molecule has 0 saturated carbocycles. The van der Waals surface area contributed by atoms with Gasteiger partial charge in [-0.2, -0.15) is 0 Å². The molecule has 2 aromatic rings. The van der Waals surface area contributed by atoms with E-state index in [2.05, 4.69) is 91.2 Å². The maximum Gasteiger partial charge on any atom is 0.122 e. The van der Waals surface area contributed by atoms with Crippen molar-refractivity contribution >= 4 is 0 Å². The Morgan fingerprint density at radius 1 is 0.675 bits per heavy atom. The molecule has 0 radical (unpaired) electrons. The van der Waals surface area contributed by atoms with Gasteiger partial charge < -0.3 is 10.2 Å². The van der Waals surface area contributed by atoms with Crippen molar-refractivity contribution in [2.45, 2.75) is 145 Å². The monoisotopic (exact) mass is 550 g/mol. The fourth-order valence-corrected chi connectivity index (χ4v) is 6.75. The van der Waals surface area contributed by atoms with Gasteiger partial charge in [0, 0.05) is 38.3 Å². The molecule has 1 aliphatic heterocycles. The molecule has 224 valence electrons. The molecule has 4 heteroatoms. The molecule has 1 fully saturated rings. The minimum atomic E-state index is 0.312. The quantitative estimate of drug-likeness (QED) is 0.277. The number of nitrogens with zero attached hydrogens (tertiary/aromatic N) is 2. The average molecular weight is 551 g/mol. The Hall–Kier alpha value is -2.04. The third-order valence-corrected chi connectivity index (χ3v) is 9.53. The molecule has 2 unspecified atom stereocenters. The van der Waals surface area contributed by atoms with Gasteiger partial charge in [-0.1, -0.05) is 79.4 Å². The van der Waals surface area contributed by atoms with Gasteiger partial charge in [0.25, 0.3) is 0 Å². The Labute approximate surface area is 245 Å². The molecule has 3 rings (SSSR count). The first-order chi connectivity index (χ1) is 18.9. The van der Waals surface area contributed by atoms with Crippen molar-refractivity contribution < 1.29 is 10.2 Å². The third kappa shape index (κ3) is 7.23. The molecule has 1 aliphatic rings. The van der Waals surface area contributed by atoms with E-state index in [0.29, 0.717) is 35.4 Å². The summed E-state index contributed by atoms with van der Waals surface area (Å²) in [5, 5.41) is 22.1. The second-order valence-corrected chi connectivity index (χ2v) is 13.2. The van der Waals surface area contributed by atoms with Crippen LogP contribution < -0.4 is 0 Å². The minimum absolute atomic E-state index is 0.312. The molecule has 0 aliphatic carbocycles. The van der Waals surface area contributed by atoms with Crippen LogP contribution >= 0.6 is 0 Å². The standard InChI is InChI=1S/C36H58N2O2/c1-11-13-15-29-19-38(22-34-26(8)18-32(24(5)6)36(40)28(34)10)30(16-14-12-2)20-37(29)21-33-25(7)17-31(23(3)4)35(39)27(33)9/h17-18,23-24,29-30,39-40H,11-16,19-22H2,1-10H3. The van der Waals surface area contributed by atoms with Gasteiger partial charge in [-0.25, -0.2) is 0 Å². The second kappa shape index (κ2) is 14.2. The predicted octanol–water partition coefficient (Wildman–Crippen LogP) is 9.01. The molecule has 0 bridgehead atoms. The smallest absolute Gasteiger partial charge is 0.122 e. The number of rotatable bonds is 12. The number of piperazine rings is 1. The zero-order valence-electron chi connectivity index (χ0n) is 27.3. The first kappa shape index (κ1) is 32.5. The highest BCUT2D eigenvalue weighted by atomic mass is 16.3. The van der Waals surface area contributed by atoms with Crippen LogP contribution in [0.15, 0.2) is 12.1 Å². The average Bonchev–Trinajstić information content (AvgIpc) is 2.91. The molecule has 1 heterocycles. The van der Waals surface area contributed by atoms with E-state index in [4.69, 9.17) is 0 Å². The molecule has 0 amide bonds. The summed E-state index contributed by atoms with van der Waals surface area (Å²) in [6.07, 6.45) is 7.25. The van der Waals surface area contributed by atoms with E-state index in [1.807, 2.05) is 0 Å². The van der Waals surface area contributed by atoms with E-state index >= 15 is 0 Å². The highest BCUT2D eigenvalue weighted by molar-refractivity contribution is 5.51. The van der Waals surface area contributed by atoms with Crippen molar-refractivity contribution in [2.75, 3.05) is 13.1 Å². The zero-order chi connectivity index (χ0) is 29.7. The Kier molecular flexibility index (Phi) is 11.6. The number of phenolic OH excluding ortho intramolecular Hbond substituents is 2. The van der Waals surface area contributed by atoms with Crippen LogP contribution in [-0.4, -0.2) is 45.2 Å². The van der Waals surface area contributed by atoms with Gasteiger partial charge in [-0.05, 0) is 96.9 Å². The SMILES string of the molecule is CCCCC1CN(Cc2c(C)cc(C(C)C)c(O)c2C)C(CCCC)CN1Cc1c(C)cc(C(C)C)c(O)c1C. The first-order valence-electron chi connectivity index (χ1n) is 16.0. The lowest BCUT2D eigenvalue weighted by atomic mass is 9.90. The first-order valence-corrected chi connectivity index (χ1v) is 16.0. The van der Waals surface area contributed by atoms with E-state index in [9.17, 15) is 10.2 Å². The molecule has 2 aromatic carbocycles. The predicted molar refractivity (Wildman–Crippen MR) is 171 cm³/mol. The molecule has 40 heavy (non-hydrogen) atoms. The molecular weight excluding hydrogens is 492 g/mol. The van der Waals surface area contributed by atoms with Crippen LogP contribution in [0, 0.1) is 27.7 Å². The van der Waals surface area contributed by atoms with Gasteiger partial charge in [0.2, 0.25) is 0 Å². The third-order valence-electron chi connectivity index (χ3n) is 9.53. The van der Waals surface area contributed by atoms with Crippen LogP contribution in [0.2, 0.25) is 0 Å². The van der Waals surface area contributed by atoms with Gasteiger partial charge in [0.1, 0.15) is 11.5 Å². The van der Waals surface area contributed by atoms with Crippen molar-refractivity contribution in [1.29, 1.82) is 0 Å². The number of benzene rings is 2. The Morgan fingerprint density at radius 2 is 1.02 bits per heavy atom. The molecular formula is C36H58N2O2. The number of phenols is 2. The highest BCUT2D eigenvalue weighted by Gasteiger charge is 2.34. The van der Waals surface area contributed by atoms with E-state index in [1.54, 1.807) is 0 Å². The maximum absolute atomic E-state index is 11.1. The summed E-state index contributed by atoms with van der Waals surface area (Å²) >= 11 is 0. The van der Waals surface area contributed by atoms with Crippen LogP contribution in [0.1, 0.15) is 136 Å². The highest BCUT2D eigenvalue weighted by Crippen LogP contribution is 2.37. The van der Waals surface area contributed by atoms with Gasteiger partial charge in [0.15, 0.2) is 0 Å². The lowest BCUT2D eigenvalue weighted by Gasteiger charge is -2.47. The van der Waals surface area contributed by atoms with Crippen molar-refractivity contribution in [3.8, 4) is 11.5 Å².